The molecule has 2 rings (SSSR count). The van der Waals surface area contributed by atoms with Crippen molar-refractivity contribution in [3.63, 3.8) is 0 Å². The molecule has 0 unspecified atom stereocenters. The van der Waals surface area contributed by atoms with E-state index in [-0.39, 0.29) is 0 Å². The number of nitrogens with one attached hydrogen (secondary N) is 1. The molecule has 0 amide bonds. The maximum absolute atomic E-state index is 3.64. The molecule has 94 valence electrons. The van der Waals surface area contributed by atoms with Gasteiger partial charge >= 0.3 is 0 Å². The van der Waals surface area contributed by atoms with Gasteiger partial charge in [0.15, 0.2) is 0 Å². The number of nitrogens with zero attached hydrogens (tertiary/aromatic N) is 1. The van der Waals surface area contributed by atoms with Crippen LogP contribution in [0, 0.1) is 0 Å². The number of piperidine rings is 1. The summed E-state index contributed by atoms with van der Waals surface area (Å²) in [6.07, 6.45) is 2.52. The summed E-state index contributed by atoms with van der Waals surface area (Å²) in [6, 6.07) is 7.10. The maximum atomic E-state index is 3.64. The summed E-state index contributed by atoms with van der Waals surface area (Å²) < 4.78 is 2.24. The van der Waals surface area contributed by atoms with Gasteiger partial charge in [-0.2, -0.15) is 0 Å². The predicted octanol–water partition coefficient (Wildman–Crippen LogP) is 3.40. The standard InChI is InChI=1S/C13H18Br2N2/c1-17-6-4-11(5-7-17)16-9-10-2-3-12(14)13(15)8-10/h2-3,8,11,16H,4-7,9H2,1H3. The highest BCUT2D eigenvalue weighted by Crippen LogP contribution is 2.23. The van der Waals surface area contributed by atoms with Crippen molar-refractivity contribution in [2.24, 2.45) is 0 Å². The highest BCUT2D eigenvalue weighted by Gasteiger charge is 2.15. The Bertz CT molecular complexity index is 374. The molecule has 0 saturated carbocycles. The molecule has 0 aromatic heterocycles. The molecule has 1 saturated heterocycles. The summed E-state index contributed by atoms with van der Waals surface area (Å²) in [7, 11) is 2.20. The van der Waals surface area contributed by atoms with Crippen LogP contribution in [0.4, 0.5) is 0 Å². The molecule has 4 heteroatoms. The number of benzene rings is 1. The molecule has 1 aromatic rings. The zero-order valence-electron chi connectivity index (χ0n) is 10.0. The second-order valence-electron chi connectivity index (χ2n) is 4.71. The Morgan fingerprint density at radius 1 is 1.24 bits per heavy atom. The largest absolute Gasteiger partial charge is 0.310 e. The summed E-state index contributed by atoms with van der Waals surface area (Å²) in [6.45, 7) is 3.38. The van der Waals surface area contributed by atoms with Gasteiger partial charge in [0.2, 0.25) is 0 Å². The Balaban J connectivity index is 1.83. The highest BCUT2D eigenvalue weighted by molar-refractivity contribution is 9.13. The molecular formula is C13H18Br2N2. The number of likely N-dealkylation sites (tertiary alicyclic amines) is 1. The molecule has 1 fully saturated rings. The minimum atomic E-state index is 0.675. The van der Waals surface area contributed by atoms with Gasteiger partial charge in [0.25, 0.3) is 0 Å². The van der Waals surface area contributed by atoms with Crippen molar-refractivity contribution in [1.82, 2.24) is 10.2 Å². The van der Waals surface area contributed by atoms with Crippen LogP contribution in [0.3, 0.4) is 0 Å². The third-order valence-electron chi connectivity index (χ3n) is 3.30. The smallest absolute Gasteiger partial charge is 0.0320 e. The van der Waals surface area contributed by atoms with E-state index < -0.39 is 0 Å². The average molecular weight is 362 g/mol. The zero-order valence-corrected chi connectivity index (χ0v) is 13.2. The van der Waals surface area contributed by atoms with Crippen LogP contribution in [0.1, 0.15) is 18.4 Å². The molecule has 1 heterocycles. The second-order valence-corrected chi connectivity index (χ2v) is 6.42. The van der Waals surface area contributed by atoms with Gasteiger partial charge in [0.05, 0.1) is 0 Å². The number of hydrogen-bond donors (Lipinski definition) is 1. The molecular weight excluding hydrogens is 344 g/mol. The summed E-state index contributed by atoms with van der Waals surface area (Å²) in [5.74, 6) is 0. The SMILES string of the molecule is CN1CCC(NCc2ccc(Br)c(Br)c2)CC1. The van der Waals surface area contributed by atoms with Gasteiger partial charge in [0, 0.05) is 21.5 Å². The summed E-state index contributed by atoms with van der Waals surface area (Å²) >= 11 is 7.03. The average Bonchev–Trinajstić information content (AvgIpc) is 2.33. The Morgan fingerprint density at radius 3 is 2.59 bits per heavy atom. The van der Waals surface area contributed by atoms with Crippen molar-refractivity contribution in [3.8, 4) is 0 Å². The minimum Gasteiger partial charge on any atom is -0.310 e. The molecule has 0 atom stereocenters. The van der Waals surface area contributed by atoms with Crippen LogP contribution >= 0.6 is 31.9 Å². The van der Waals surface area contributed by atoms with Gasteiger partial charge in [-0.25, -0.2) is 0 Å². The van der Waals surface area contributed by atoms with E-state index in [9.17, 15) is 0 Å². The van der Waals surface area contributed by atoms with Crippen LogP contribution in [-0.2, 0) is 6.54 Å². The molecule has 17 heavy (non-hydrogen) atoms. The van der Waals surface area contributed by atoms with Crippen LogP contribution < -0.4 is 5.32 Å². The van der Waals surface area contributed by atoms with E-state index in [2.05, 4.69) is 67.3 Å². The van der Waals surface area contributed by atoms with Crippen molar-refractivity contribution in [2.45, 2.75) is 25.4 Å². The lowest BCUT2D eigenvalue weighted by molar-refractivity contribution is 0.234. The van der Waals surface area contributed by atoms with Gasteiger partial charge in [0.1, 0.15) is 0 Å². The lowest BCUT2D eigenvalue weighted by atomic mass is 10.1. The quantitative estimate of drug-likeness (QED) is 0.887. The molecule has 0 spiro atoms. The predicted molar refractivity (Wildman–Crippen MR) is 79.2 cm³/mol. The van der Waals surface area contributed by atoms with Gasteiger partial charge in [-0.05, 0) is 82.5 Å². The fourth-order valence-electron chi connectivity index (χ4n) is 2.12. The third kappa shape index (κ3) is 4.05. The van der Waals surface area contributed by atoms with Gasteiger partial charge in [-0.15, -0.1) is 0 Å². The first-order valence-electron chi connectivity index (χ1n) is 6.01. The third-order valence-corrected chi connectivity index (χ3v) is 5.18. The normalized spacial score (nSPS) is 18.5. The maximum Gasteiger partial charge on any atom is 0.0320 e. The van der Waals surface area contributed by atoms with Gasteiger partial charge in [-0.1, -0.05) is 6.07 Å². The van der Waals surface area contributed by atoms with Gasteiger partial charge in [-0.3, -0.25) is 0 Å². The number of hydrogen-bond acceptors (Lipinski definition) is 2. The van der Waals surface area contributed by atoms with E-state index in [1.54, 1.807) is 0 Å². The van der Waals surface area contributed by atoms with Gasteiger partial charge < -0.3 is 10.2 Å². The van der Waals surface area contributed by atoms with Crippen molar-refractivity contribution >= 4 is 31.9 Å². The summed E-state index contributed by atoms with van der Waals surface area (Å²) in [4.78, 5) is 2.40. The van der Waals surface area contributed by atoms with Crippen LogP contribution in [0.2, 0.25) is 0 Å². The fourth-order valence-corrected chi connectivity index (χ4v) is 2.80. The molecule has 2 nitrogen and oxygen atoms in total. The molecule has 1 N–H and O–H groups in total. The van der Waals surface area contributed by atoms with E-state index in [1.165, 1.54) is 31.5 Å². The van der Waals surface area contributed by atoms with Crippen LogP contribution in [0.15, 0.2) is 27.1 Å². The van der Waals surface area contributed by atoms with E-state index in [4.69, 9.17) is 0 Å². The van der Waals surface area contributed by atoms with E-state index in [0.29, 0.717) is 6.04 Å². The Labute approximate surface area is 120 Å². The monoisotopic (exact) mass is 360 g/mol. The number of rotatable bonds is 3. The first-order valence-corrected chi connectivity index (χ1v) is 7.59. The first kappa shape index (κ1) is 13.5. The van der Waals surface area contributed by atoms with Crippen molar-refractivity contribution in [1.29, 1.82) is 0 Å². The zero-order chi connectivity index (χ0) is 12.3. The topological polar surface area (TPSA) is 15.3 Å². The molecule has 1 aromatic carbocycles. The fraction of sp³-hybridized carbons (Fsp3) is 0.538. The second kappa shape index (κ2) is 6.32. The van der Waals surface area contributed by atoms with Crippen LogP contribution in [-0.4, -0.2) is 31.1 Å². The molecule has 0 bridgehead atoms. The van der Waals surface area contributed by atoms with Crippen LogP contribution in [0.25, 0.3) is 0 Å². The van der Waals surface area contributed by atoms with E-state index in [1.807, 2.05) is 0 Å². The number of halogens is 2. The lowest BCUT2D eigenvalue weighted by Gasteiger charge is -2.29. The van der Waals surface area contributed by atoms with Crippen molar-refractivity contribution in [2.75, 3.05) is 20.1 Å². The first-order chi connectivity index (χ1) is 8.15. The molecule has 1 aliphatic heterocycles. The summed E-state index contributed by atoms with van der Waals surface area (Å²) in [5, 5.41) is 3.64. The lowest BCUT2D eigenvalue weighted by Crippen LogP contribution is -2.40. The van der Waals surface area contributed by atoms with Crippen molar-refractivity contribution in [3.05, 3.63) is 32.7 Å². The van der Waals surface area contributed by atoms with Crippen molar-refractivity contribution < 1.29 is 0 Å². The Morgan fingerprint density at radius 2 is 1.94 bits per heavy atom. The molecule has 0 aliphatic carbocycles. The molecule has 0 radical (unpaired) electrons. The Hall–Kier alpha value is 0.1000. The van der Waals surface area contributed by atoms with E-state index in [0.717, 1.165) is 15.5 Å². The van der Waals surface area contributed by atoms with E-state index >= 15 is 0 Å². The Kier molecular flexibility index (Phi) is 5.03. The van der Waals surface area contributed by atoms with Crippen LogP contribution in [0.5, 0.6) is 0 Å². The summed E-state index contributed by atoms with van der Waals surface area (Å²) in [5.41, 5.74) is 1.33. The highest BCUT2D eigenvalue weighted by atomic mass is 79.9. The molecule has 1 aliphatic rings. The minimum absolute atomic E-state index is 0.675.